The van der Waals surface area contributed by atoms with Crippen LogP contribution in [0.2, 0.25) is 0 Å². The van der Waals surface area contributed by atoms with Crippen molar-refractivity contribution < 1.29 is 4.74 Å². The molecular formula is C13H10I2O. The van der Waals surface area contributed by atoms with E-state index in [2.05, 4.69) is 64.2 Å². The minimum absolute atomic E-state index is 0.877. The molecule has 0 amide bonds. The largest absolute Gasteiger partial charge is 0.455 e. The quantitative estimate of drug-likeness (QED) is 0.603. The topological polar surface area (TPSA) is 9.23 Å². The molecule has 0 saturated carbocycles. The van der Waals surface area contributed by atoms with Crippen LogP contribution < -0.4 is 4.74 Å². The molecule has 0 unspecified atom stereocenters. The number of para-hydroxylation sites is 1. The standard InChI is InChI=1S/C13H10I2O/c1-9-7-11(14)13(12(15)8-9)16-10-5-3-2-4-6-10/h2-8H,1H3. The van der Waals surface area contributed by atoms with Gasteiger partial charge < -0.3 is 4.74 Å². The van der Waals surface area contributed by atoms with Crippen LogP contribution in [0.3, 0.4) is 0 Å². The molecule has 0 atom stereocenters. The van der Waals surface area contributed by atoms with E-state index in [0.717, 1.165) is 18.6 Å². The molecule has 0 fully saturated rings. The highest BCUT2D eigenvalue weighted by molar-refractivity contribution is 14.1. The summed E-state index contributed by atoms with van der Waals surface area (Å²) in [6.45, 7) is 2.09. The zero-order valence-electron chi connectivity index (χ0n) is 8.71. The van der Waals surface area contributed by atoms with Crippen LogP contribution in [0, 0.1) is 14.1 Å². The Balaban J connectivity index is 2.35. The van der Waals surface area contributed by atoms with Gasteiger partial charge in [-0.1, -0.05) is 18.2 Å². The van der Waals surface area contributed by atoms with Crippen molar-refractivity contribution in [3.05, 3.63) is 55.2 Å². The Morgan fingerprint density at radius 3 is 2.06 bits per heavy atom. The molecule has 0 spiro atoms. The smallest absolute Gasteiger partial charge is 0.154 e. The van der Waals surface area contributed by atoms with E-state index in [4.69, 9.17) is 4.74 Å². The van der Waals surface area contributed by atoms with E-state index < -0.39 is 0 Å². The molecule has 82 valence electrons. The molecule has 2 aromatic rings. The van der Waals surface area contributed by atoms with Gasteiger partial charge in [0.25, 0.3) is 0 Å². The molecule has 0 aliphatic heterocycles. The van der Waals surface area contributed by atoms with Crippen LogP contribution in [0.25, 0.3) is 0 Å². The highest BCUT2D eigenvalue weighted by Crippen LogP contribution is 2.32. The molecule has 2 rings (SSSR count). The second-order valence-corrected chi connectivity index (χ2v) is 5.80. The summed E-state index contributed by atoms with van der Waals surface area (Å²) in [7, 11) is 0. The third-order valence-electron chi connectivity index (χ3n) is 2.11. The lowest BCUT2D eigenvalue weighted by Crippen LogP contribution is -1.91. The molecule has 0 bridgehead atoms. The van der Waals surface area contributed by atoms with Crippen molar-refractivity contribution in [2.24, 2.45) is 0 Å². The van der Waals surface area contributed by atoms with Crippen molar-refractivity contribution in [2.45, 2.75) is 6.92 Å². The van der Waals surface area contributed by atoms with Gasteiger partial charge in [-0.15, -0.1) is 0 Å². The van der Waals surface area contributed by atoms with Crippen molar-refractivity contribution in [1.82, 2.24) is 0 Å². The van der Waals surface area contributed by atoms with Gasteiger partial charge in [-0.25, -0.2) is 0 Å². The van der Waals surface area contributed by atoms with Crippen LogP contribution in [0.15, 0.2) is 42.5 Å². The van der Waals surface area contributed by atoms with Crippen LogP contribution in [0.5, 0.6) is 11.5 Å². The number of rotatable bonds is 2. The average Bonchev–Trinajstić information content (AvgIpc) is 2.25. The molecule has 0 aliphatic rings. The number of benzene rings is 2. The van der Waals surface area contributed by atoms with E-state index in [1.807, 2.05) is 30.3 Å². The number of halogens is 2. The predicted molar refractivity (Wildman–Crippen MR) is 83.1 cm³/mol. The Hall–Kier alpha value is -0.300. The monoisotopic (exact) mass is 436 g/mol. The molecule has 0 saturated heterocycles. The summed E-state index contributed by atoms with van der Waals surface area (Å²) in [4.78, 5) is 0. The van der Waals surface area contributed by atoms with Crippen LogP contribution >= 0.6 is 45.2 Å². The van der Waals surface area contributed by atoms with E-state index in [-0.39, 0.29) is 0 Å². The molecule has 0 heterocycles. The fourth-order valence-corrected chi connectivity index (χ4v) is 3.69. The Morgan fingerprint density at radius 1 is 0.938 bits per heavy atom. The van der Waals surface area contributed by atoms with Crippen LogP contribution in [-0.2, 0) is 0 Å². The molecule has 0 N–H and O–H groups in total. The zero-order chi connectivity index (χ0) is 11.5. The lowest BCUT2D eigenvalue weighted by molar-refractivity contribution is 0.475. The third kappa shape index (κ3) is 2.88. The van der Waals surface area contributed by atoms with Gasteiger partial charge in [0.05, 0.1) is 7.14 Å². The van der Waals surface area contributed by atoms with E-state index >= 15 is 0 Å². The zero-order valence-corrected chi connectivity index (χ0v) is 13.0. The van der Waals surface area contributed by atoms with Crippen molar-refractivity contribution in [1.29, 1.82) is 0 Å². The Kier molecular flexibility index (Phi) is 4.07. The summed E-state index contributed by atoms with van der Waals surface area (Å²) in [6.07, 6.45) is 0. The fourth-order valence-electron chi connectivity index (χ4n) is 1.39. The Labute approximate surface area is 122 Å². The first-order valence-electron chi connectivity index (χ1n) is 4.85. The maximum absolute atomic E-state index is 5.88. The summed E-state index contributed by atoms with van der Waals surface area (Å²) in [5.74, 6) is 1.82. The minimum atomic E-state index is 0.877. The first kappa shape index (κ1) is 12.2. The highest BCUT2D eigenvalue weighted by Gasteiger charge is 2.08. The van der Waals surface area contributed by atoms with E-state index in [1.165, 1.54) is 5.56 Å². The van der Waals surface area contributed by atoms with Gasteiger partial charge >= 0.3 is 0 Å². The summed E-state index contributed by atoms with van der Waals surface area (Å²) in [6, 6.07) is 14.1. The van der Waals surface area contributed by atoms with Crippen molar-refractivity contribution in [3.63, 3.8) is 0 Å². The van der Waals surface area contributed by atoms with Gasteiger partial charge in [0.15, 0.2) is 5.75 Å². The number of hydrogen-bond donors (Lipinski definition) is 0. The maximum atomic E-state index is 5.88. The first-order valence-corrected chi connectivity index (χ1v) is 7.01. The Morgan fingerprint density at radius 2 is 1.50 bits per heavy atom. The first-order chi connectivity index (χ1) is 7.66. The minimum Gasteiger partial charge on any atom is -0.455 e. The second-order valence-electron chi connectivity index (χ2n) is 3.47. The number of aryl methyl sites for hydroxylation is 1. The van der Waals surface area contributed by atoms with Crippen molar-refractivity contribution >= 4 is 45.2 Å². The molecule has 16 heavy (non-hydrogen) atoms. The SMILES string of the molecule is Cc1cc(I)c(Oc2ccccc2)c(I)c1. The van der Waals surface area contributed by atoms with Gasteiger partial charge in [0, 0.05) is 0 Å². The third-order valence-corrected chi connectivity index (χ3v) is 3.71. The molecular weight excluding hydrogens is 426 g/mol. The van der Waals surface area contributed by atoms with Gasteiger partial charge in [-0.2, -0.15) is 0 Å². The normalized spacial score (nSPS) is 10.2. The van der Waals surface area contributed by atoms with E-state index in [9.17, 15) is 0 Å². The molecule has 2 aromatic carbocycles. The number of ether oxygens (including phenoxy) is 1. The summed E-state index contributed by atoms with van der Waals surface area (Å²) in [5.41, 5.74) is 1.26. The summed E-state index contributed by atoms with van der Waals surface area (Å²) in [5, 5.41) is 0. The number of hydrogen-bond acceptors (Lipinski definition) is 1. The van der Waals surface area contributed by atoms with E-state index in [1.54, 1.807) is 0 Å². The highest BCUT2D eigenvalue weighted by atomic mass is 127. The van der Waals surface area contributed by atoms with Crippen LogP contribution in [-0.4, -0.2) is 0 Å². The maximum Gasteiger partial charge on any atom is 0.154 e. The molecule has 0 aromatic heterocycles. The van der Waals surface area contributed by atoms with Gasteiger partial charge in [-0.3, -0.25) is 0 Å². The lowest BCUT2D eigenvalue weighted by atomic mass is 10.2. The second kappa shape index (κ2) is 5.35. The molecule has 1 nitrogen and oxygen atoms in total. The van der Waals surface area contributed by atoms with Crippen LogP contribution in [0.1, 0.15) is 5.56 Å². The van der Waals surface area contributed by atoms with Gasteiger partial charge in [0.2, 0.25) is 0 Å². The van der Waals surface area contributed by atoms with Crippen LogP contribution in [0.4, 0.5) is 0 Å². The molecule has 0 aliphatic carbocycles. The lowest BCUT2D eigenvalue weighted by Gasteiger charge is -2.10. The van der Waals surface area contributed by atoms with Gasteiger partial charge in [0.1, 0.15) is 5.75 Å². The Bertz CT molecular complexity index is 472. The van der Waals surface area contributed by atoms with Crippen molar-refractivity contribution in [3.8, 4) is 11.5 Å². The molecule has 0 radical (unpaired) electrons. The summed E-state index contributed by atoms with van der Waals surface area (Å²) >= 11 is 4.62. The van der Waals surface area contributed by atoms with E-state index in [0.29, 0.717) is 0 Å². The fraction of sp³-hybridized carbons (Fsp3) is 0.0769. The van der Waals surface area contributed by atoms with Gasteiger partial charge in [-0.05, 0) is 81.9 Å². The summed E-state index contributed by atoms with van der Waals surface area (Å²) < 4.78 is 8.17. The molecule has 3 heteroatoms. The average molecular weight is 436 g/mol. The predicted octanol–water partition coefficient (Wildman–Crippen LogP) is 5.00. The van der Waals surface area contributed by atoms with Crippen molar-refractivity contribution in [2.75, 3.05) is 0 Å².